The smallest absolute Gasteiger partial charge is 0.255 e. The maximum atomic E-state index is 11.4. The van der Waals surface area contributed by atoms with Crippen LogP contribution in [0.4, 0.5) is 0 Å². The van der Waals surface area contributed by atoms with E-state index in [2.05, 4.69) is 5.32 Å². The fourth-order valence-corrected chi connectivity index (χ4v) is 0.963. The largest absolute Gasteiger partial charge is 0.329 e. The van der Waals surface area contributed by atoms with E-state index in [9.17, 15) is 4.79 Å². The standard InChI is InChI=1S/C12H13NO/c1-2-3-7-10-13-12(14)11-8-5-4-6-9-11/h2-10H,1H3,(H,13,14). The van der Waals surface area contributed by atoms with Crippen LogP contribution < -0.4 is 5.32 Å². The number of hydrogen-bond acceptors (Lipinski definition) is 1. The molecular weight excluding hydrogens is 174 g/mol. The maximum Gasteiger partial charge on any atom is 0.255 e. The Bertz CT molecular complexity index is 339. The fourth-order valence-electron chi connectivity index (χ4n) is 0.963. The van der Waals surface area contributed by atoms with Crippen molar-refractivity contribution in [3.05, 3.63) is 60.3 Å². The van der Waals surface area contributed by atoms with Crippen LogP contribution in [0, 0.1) is 0 Å². The van der Waals surface area contributed by atoms with Crippen molar-refractivity contribution in [1.29, 1.82) is 0 Å². The first kappa shape index (κ1) is 10.3. The van der Waals surface area contributed by atoms with E-state index in [1.807, 2.05) is 37.3 Å². The minimum absolute atomic E-state index is 0.0913. The second-order valence-corrected chi connectivity index (χ2v) is 2.72. The molecule has 0 radical (unpaired) electrons. The SMILES string of the molecule is CC=CC=CNC(=O)c1ccccc1. The van der Waals surface area contributed by atoms with Crippen LogP contribution >= 0.6 is 0 Å². The number of allylic oxidation sites excluding steroid dienone is 3. The summed E-state index contributed by atoms with van der Waals surface area (Å²) < 4.78 is 0. The van der Waals surface area contributed by atoms with Gasteiger partial charge in [-0.1, -0.05) is 30.4 Å². The molecule has 1 N–H and O–H groups in total. The van der Waals surface area contributed by atoms with Gasteiger partial charge in [0.25, 0.3) is 5.91 Å². The molecule has 14 heavy (non-hydrogen) atoms. The number of carbonyl (C=O) groups is 1. The van der Waals surface area contributed by atoms with Gasteiger partial charge in [-0.2, -0.15) is 0 Å². The van der Waals surface area contributed by atoms with Crippen LogP contribution in [0.15, 0.2) is 54.8 Å². The number of carbonyl (C=O) groups excluding carboxylic acids is 1. The molecule has 0 aliphatic heterocycles. The van der Waals surface area contributed by atoms with E-state index in [-0.39, 0.29) is 5.91 Å². The molecular formula is C12H13NO. The molecule has 1 aromatic carbocycles. The topological polar surface area (TPSA) is 29.1 Å². The van der Waals surface area contributed by atoms with E-state index in [0.717, 1.165) is 0 Å². The summed E-state index contributed by atoms with van der Waals surface area (Å²) in [6.45, 7) is 1.92. The summed E-state index contributed by atoms with van der Waals surface area (Å²) in [5, 5.41) is 2.66. The molecule has 0 aliphatic carbocycles. The van der Waals surface area contributed by atoms with Crippen LogP contribution in [0.25, 0.3) is 0 Å². The van der Waals surface area contributed by atoms with Crippen LogP contribution in [0.3, 0.4) is 0 Å². The van der Waals surface area contributed by atoms with Crippen LogP contribution in [-0.2, 0) is 0 Å². The van der Waals surface area contributed by atoms with Crippen molar-refractivity contribution in [1.82, 2.24) is 5.32 Å². The number of nitrogens with one attached hydrogen (secondary N) is 1. The van der Waals surface area contributed by atoms with E-state index in [1.54, 1.807) is 24.4 Å². The average molecular weight is 187 g/mol. The third-order valence-corrected chi connectivity index (χ3v) is 1.65. The molecule has 0 aliphatic rings. The first-order valence-corrected chi connectivity index (χ1v) is 4.48. The van der Waals surface area contributed by atoms with E-state index in [1.165, 1.54) is 0 Å². The van der Waals surface area contributed by atoms with Gasteiger partial charge in [-0.15, -0.1) is 0 Å². The lowest BCUT2D eigenvalue weighted by Crippen LogP contribution is -2.16. The third kappa shape index (κ3) is 3.27. The molecule has 0 saturated carbocycles. The van der Waals surface area contributed by atoms with Gasteiger partial charge in [0.05, 0.1) is 0 Å². The van der Waals surface area contributed by atoms with Gasteiger partial charge in [0.15, 0.2) is 0 Å². The number of hydrogen-bond donors (Lipinski definition) is 1. The summed E-state index contributed by atoms with van der Waals surface area (Å²) in [5.74, 6) is -0.0913. The highest BCUT2D eigenvalue weighted by Gasteiger charge is 1.99. The van der Waals surface area contributed by atoms with Crippen LogP contribution in [0.1, 0.15) is 17.3 Å². The molecule has 0 unspecified atom stereocenters. The van der Waals surface area contributed by atoms with Gasteiger partial charge >= 0.3 is 0 Å². The molecule has 1 rings (SSSR count). The minimum Gasteiger partial charge on any atom is -0.329 e. The van der Waals surface area contributed by atoms with E-state index in [4.69, 9.17) is 0 Å². The summed E-state index contributed by atoms with van der Waals surface area (Å²) >= 11 is 0. The van der Waals surface area contributed by atoms with Gasteiger partial charge < -0.3 is 5.32 Å². The Morgan fingerprint density at radius 3 is 2.57 bits per heavy atom. The lowest BCUT2D eigenvalue weighted by molar-refractivity contribution is 0.0970. The Hall–Kier alpha value is -1.83. The van der Waals surface area contributed by atoms with E-state index in [0.29, 0.717) is 5.56 Å². The number of rotatable bonds is 3. The van der Waals surface area contributed by atoms with Crippen molar-refractivity contribution < 1.29 is 4.79 Å². The predicted molar refractivity (Wildman–Crippen MR) is 57.9 cm³/mol. The highest BCUT2D eigenvalue weighted by molar-refractivity contribution is 5.94. The van der Waals surface area contributed by atoms with Crippen molar-refractivity contribution in [3.63, 3.8) is 0 Å². The summed E-state index contributed by atoms with van der Waals surface area (Å²) in [5.41, 5.74) is 0.664. The zero-order valence-electron chi connectivity index (χ0n) is 8.10. The minimum atomic E-state index is -0.0913. The maximum absolute atomic E-state index is 11.4. The van der Waals surface area contributed by atoms with Gasteiger partial charge in [0, 0.05) is 11.8 Å². The van der Waals surface area contributed by atoms with Gasteiger partial charge in [-0.05, 0) is 25.1 Å². The predicted octanol–water partition coefficient (Wildman–Crippen LogP) is 2.51. The van der Waals surface area contributed by atoms with Crippen LogP contribution in [-0.4, -0.2) is 5.91 Å². The Morgan fingerprint density at radius 2 is 1.93 bits per heavy atom. The molecule has 0 fully saturated rings. The van der Waals surface area contributed by atoms with Crippen molar-refractivity contribution in [3.8, 4) is 0 Å². The van der Waals surface area contributed by atoms with Crippen molar-refractivity contribution in [2.45, 2.75) is 6.92 Å². The highest BCUT2D eigenvalue weighted by Crippen LogP contribution is 1.97. The molecule has 0 spiro atoms. The molecule has 1 aromatic rings. The summed E-state index contributed by atoms with van der Waals surface area (Å²) in [4.78, 5) is 11.4. The molecule has 2 nitrogen and oxygen atoms in total. The molecule has 0 heterocycles. The zero-order chi connectivity index (χ0) is 10.2. The summed E-state index contributed by atoms with van der Waals surface area (Å²) in [6, 6.07) is 9.11. The first-order valence-electron chi connectivity index (χ1n) is 4.48. The Balaban J connectivity index is 2.52. The Labute approximate surface area is 84.0 Å². The Morgan fingerprint density at radius 1 is 1.21 bits per heavy atom. The van der Waals surface area contributed by atoms with Gasteiger partial charge in [0.2, 0.25) is 0 Å². The van der Waals surface area contributed by atoms with Crippen LogP contribution in [0.2, 0.25) is 0 Å². The van der Waals surface area contributed by atoms with E-state index < -0.39 is 0 Å². The average Bonchev–Trinajstić information content (AvgIpc) is 2.25. The molecule has 1 amide bonds. The van der Waals surface area contributed by atoms with Crippen molar-refractivity contribution >= 4 is 5.91 Å². The Kier molecular flexibility index (Phi) is 4.21. The number of amides is 1. The summed E-state index contributed by atoms with van der Waals surface area (Å²) in [7, 11) is 0. The molecule has 0 atom stereocenters. The zero-order valence-corrected chi connectivity index (χ0v) is 8.10. The van der Waals surface area contributed by atoms with Gasteiger partial charge in [-0.3, -0.25) is 4.79 Å². The van der Waals surface area contributed by atoms with Crippen molar-refractivity contribution in [2.75, 3.05) is 0 Å². The second kappa shape index (κ2) is 5.75. The first-order chi connectivity index (χ1) is 6.84. The normalized spacial score (nSPS) is 10.9. The molecule has 0 bridgehead atoms. The monoisotopic (exact) mass is 187 g/mol. The van der Waals surface area contributed by atoms with Crippen LogP contribution in [0.5, 0.6) is 0 Å². The molecule has 0 saturated heterocycles. The molecule has 2 heteroatoms. The molecule has 0 aromatic heterocycles. The quantitative estimate of drug-likeness (QED) is 0.724. The van der Waals surface area contributed by atoms with Gasteiger partial charge in [0.1, 0.15) is 0 Å². The lowest BCUT2D eigenvalue weighted by Gasteiger charge is -1.97. The van der Waals surface area contributed by atoms with E-state index >= 15 is 0 Å². The molecule has 72 valence electrons. The van der Waals surface area contributed by atoms with Gasteiger partial charge in [-0.25, -0.2) is 0 Å². The van der Waals surface area contributed by atoms with Crippen molar-refractivity contribution in [2.24, 2.45) is 0 Å². The third-order valence-electron chi connectivity index (χ3n) is 1.65. The number of benzene rings is 1. The highest BCUT2D eigenvalue weighted by atomic mass is 16.1. The summed E-state index contributed by atoms with van der Waals surface area (Å²) in [6.07, 6.45) is 7.15. The lowest BCUT2D eigenvalue weighted by atomic mass is 10.2. The second-order valence-electron chi connectivity index (χ2n) is 2.72. The fraction of sp³-hybridized carbons (Fsp3) is 0.0833.